The smallest absolute Gasteiger partial charge is 0.0949 e. The number of halogens is 3. The summed E-state index contributed by atoms with van der Waals surface area (Å²) >= 11 is 18.3. The predicted octanol–water partition coefficient (Wildman–Crippen LogP) is 3.57. The van der Waals surface area contributed by atoms with Crippen LogP contribution in [0.15, 0.2) is 18.5 Å². The number of aromatic nitrogens is 3. The van der Waals surface area contributed by atoms with Crippen molar-refractivity contribution in [3.63, 3.8) is 0 Å². The molecule has 0 amide bonds. The largest absolute Gasteiger partial charge is 0.307 e. The van der Waals surface area contributed by atoms with E-state index in [4.69, 9.17) is 34.8 Å². The van der Waals surface area contributed by atoms with Crippen LogP contribution in [0.25, 0.3) is 0 Å². The summed E-state index contributed by atoms with van der Waals surface area (Å²) in [5.41, 5.74) is 1.51. The van der Waals surface area contributed by atoms with Crippen molar-refractivity contribution in [3.05, 3.63) is 44.9 Å². The van der Waals surface area contributed by atoms with Gasteiger partial charge in [-0.1, -0.05) is 34.8 Å². The Kier molecular flexibility index (Phi) is 4.68. The van der Waals surface area contributed by atoms with Crippen LogP contribution in [0.4, 0.5) is 0 Å². The molecule has 0 aliphatic rings. The molecule has 2 rings (SSSR count). The number of pyridine rings is 1. The van der Waals surface area contributed by atoms with E-state index in [1.807, 2.05) is 18.7 Å². The Hall–Kier alpha value is -0.810. The minimum Gasteiger partial charge on any atom is -0.307 e. The fourth-order valence-electron chi connectivity index (χ4n) is 1.95. The second-order valence-corrected chi connectivity index (χ2v) is 5.19. The number of nitrogens with zero attached hydrogens (tertiary/aromatic N) is 3. The topological polar surface area (TPSA) is 42.7 Å². The van der Waals surface area contributed by atoms with Gasteiger partial charge in [-0.05, 0) is 20.0 Å². The molecule has 19 heavy (non-hydrogen) atoms. The summed E-state index contributed by atoms with van der Waals surface area (Å²) in [5, 5.41) is 8.95. The van der Waals surface area contributed by atoms with Gasteiger partial charge < -0.3 is 5.32 Å². The number of hydrogen-bond acceptors (Lipinski definition) is 3. The molecule has 0 saturated carbocycles. The molecule has 2 heterocycles. The van der Waals surface area contributed by atoms with Crippen molar-refractivity contribution in [1.29, 1.82) is 0 Å². The zero-order valence-corrected chi connectivity index (χ0v) is 12.8. The molecule has 0 aliphatic carbocycles. The van der Waals surface area contributed by atoms with Gasteiger partial charge in [0, 0.05) is 12.7 Å². The third kappa shape index (κ3) is 2.87. The molecule has 4 nitrogen and oxygen atoms in total. The highest BCUT2D eigenvalue weighted by molar-refractivity contribution is 6.35. The van der Waals surface area contributed by atoms with Crippen molar-refractivity contribution in [3.8, 4) is 0 Å². The molecule has 7 heteroatoms. The van der Waals surface area contributed by atoms with Gasteiger partial charge in [0.1, 0.15) is 0 Å². The Morgan fingerprint density at radius 1 is 1.26 bits per heavy atom. The summed E-state index contributed by atoms with van der Waals surface area (Å²) in [7, 11) is 1.82. The molecule has 0 saturated heterocycles. The molecular weight excluding hydrogens is 307 g/mol. The van der Waals surface area contributed by atoms with E-state index in [9.17, 15) is 0 Å². The lowest BCUT2D eigenvalue weighted by molar-refractivity contribution is 0.556. The van der Waals surface area contributed by atoms with Gasteiger partial charge in [0.05, 0.1) is 38.7 Å². The van der Waals surface area contributed by atoms with Gasteiger partial charge in [-0.2, -0.15) is 5.10 Å². The number of nitrogens with one attached hydrogen (secondary N) is 1. The standard InChI is InChI=1S/C12H13Cl3N4/c1-3-19-12(9(15)6-18-19)11(16-2)10-8(14)4-7(13)5-17-10/h4-6,11,16H,3H2,1-2H3. The molecule has 0 aromatic carbocycles. The van der Waals surface area contributed by atoms with E-state index in [1.165, 1.54) is 0 Å². The summed E-state index contributed by atoms with van der Waals surface area (Å²) in [6.07, 6.45) is 3.18. The first-order valence-corrected chi connectivity index (χ1v) is 6.91. The van der Waals surface area contributed by atoms with Gasteiger partial charge >= 0.3 is 0 Å². The summed E-state index contributed by atoms with van der Waals surface area (Å²) in [6, 6.07) is 1.43. The van der Waals surface area contributed by atoms with Crippen LogP contribution in [0.1, 0.15) is 24.4 Å². The van der Waals surface area contributed by atoms with Crippen LogP contribution in [0.2, 0.25) is 15.1 Å². The van der Waals surface area contributed by atoms with Gasteiger partial charge in [-0.3, -0.25) is 9.67 Å². The van der Waals surface area contributed by atoms with Crippen molar-refractivity contribution < 1.29 is 0 Å². The Labute approximate surface area is 126 Å². The molecule has 0 bridgehead atoms. The zero-order chi connectivity index (χ0) is 14.0. The minimum atomic E-state index is -0.236. The lowest BCUT2D eigenvalue weighted by Gasteiger charge is -2.18. The Bertz CT molecular complexity index is 582. The summed E-state index contributed by atoms with van der Waals surface area (Å²) in [5.74, 6) is 0. The second-order valence-electron chi connectivity index (χ2n) is 3.94. The maximum absolute atomic E-state index is 6.21. The van der Waals surface area contributed by atoms with Crippen molar-refractivity contribution in [1.82, 2.24) is 20.1 Å². The Balaban J connectivity index is 2.52. The molecule has 0 spiro atoms. The molecular formula is C12H13Cl3N4. The molecule has 2 aromatic rings. The van der Waals surface area contributed by atoms with Crippen LogP contribution >= 0.6 is 34.8 Å². The second kappa shape index (κ2) is 6.09. The molecule has 1 N–H and O–H groups in total. The molecule has 2 aromatic heterocycles. The third-order valence-electron chi connectivity index (χ3n) is 2.80. The number of rotatable bonds is 4. The summed E-state index contributed by atoms with van der Waals surface area (Å²) < 4.78 is 1.82. The molecule has 0 fully saturated rings. The van der Waals surface area contributed by atoms with Gasteiger partial charge in [-0.25, -0.2) is 0 Å². The van der Waals surface area contributed by atoms with Gasteiger partial charge in [0.15, 0.2) is 0 Å². The molecule has 102 valence electrons. The fourth-order valence-corrected chi connectivity index (χ4v) is 2.69. The van der Waals surface area contributed by atoms with Gasteiger partial charge in [-0.15, -0.1) is 0 Å². The number of hydrogen-bond donors (Lipinski definition) is 1. The predicted molar refractivity (Wildman–Crippen MR) is 78.1 cm³/mol. The maximum atomic E-state index is 6.21. The molecule has 0 radical (unpaired) electrons. The van der Waals surface area contributed by atoms with Crippen LogP contribution < -0.4 is 5.32 Å². The zero-order valence-electron chi connectivity index (χ0n) is 10.5. The average molecular weight is 320 g/mol. The monoisotopic (exact) mass is 318 g/mol. The van der Waals surface area contributed by atoms with Crippen LogP contribution in [-0.2, 0) is 6.54 Å². The minimum absolute atomic E-state index is 0.236. The van der Waals surface area contributed by atoms with E-state index in [0.717, 1.165) is 5.69 Å². The quantitative estimate of drug-likeness (QED) is 0.937. The van der Waals surface area contributed by atoms with Crippen molar-refractivity contribution in [2.24, 2.45) is 0 Å². The Morgan fingerprint density at radius 3 is 2.58 bits per heavy atom. The molecule has 0 aliphatic heterocycles. The normalized spacial score (nSPS) is 12.7. The summed E-state index contributed by atoms with van der Waals surface area (Å²) in [4.78, 5) is 4.30. The first kappa shape index (κ1) is 14.6. The fraction of sp³-hybridized carbons (Fsp3) is 0.333. The SMILES string of the molecule is CCn1ncc(Cl)c1C(NC)c1ncc(Cl)cc1Cl. The maximum Gasteiger partial charge on any atom is 0.0949 e. The highest BCUT2D eigenvalue weighted by Crippen LogP contribution is 2.31. The van der Waals surface area contributed by atoms with E-state index in [2.05, 4.69) is 15.4 Å². The van der Waals surface area contributed by atoms with E-state index in [1.54, 1.807) is 18.5 Å². The van der Waals surface area contributed by atoms with Crippen molar-refractivity contribution in [2.45, 2.75) is 19.5 Å². The first-order chi connectivity index (χ1) is 9.08. The lowest BCUT2D eigenvalue weighted by Crippen LogP contribution is -2.23. The van der Waals surface area contributed by atoms with E-state index in [0.29, 0.717) is 27.3 Å². The number of aryl methyl sites for hydroxylation is 1. The van der Waals surface area contributed by atoms with Crippen LogP contribution in [-0.4, -0.2) is 21.8 Å². The van der Waals surface area contributed by atoms with Crippen LogP contribution in [0.5, 0.6) is 0 Å². The van der Waals surface area contributed by atoms with E-state index < -0.39 is 0 Å². The lowest BCUT2D eigenvalue weighted by atomic mass is 10.1. The summed E-state index contributed by atoms with van der Waals surface area (Å²) in [6.45, 7) is 2.71. The molecule has 1 unspecified atom stereocenters. The average Bonchev–Trinajstić information content (AvgIpc) is 2.74. The first-order valence-electron chi connectivity index (χ1n) is 5.77. The van der Waals surface area contributed by atoms with Crippen molar-refractivity contribution >= 4 is 34.8 Å². The van der Waals surface area contributed by atoms with Crippen LogP contribution in [0.3, 0.4) is 0 Å². The Morgan fingerprint density at radius 2 is 2.00 bits per heavy atom. The van der Waals surface area contributed by atoms with Crippen molar-refractivity contribution in [2.75, 3.05) is 7.05 Å². The highest BCUT2D eigenvalue weighted by Gasteiger charge is 2.23. The van der Waals surface area contributed by atoms with E-state index in [-0.39, 0.29) is 6.04 Å². The van der Waals surface area contributed by atoms with Crippen LogP contribution in [0, 0.1) is 0 Å². The van der Waals surface area contributed by atoms with Gasteiger partial charge in [0.2, 0.25) is 0 Å². The molecule has 1 atom stereocenters. The highest BCUT2D eigenvalue weighted by atomic mass is 35.5. The third-order valence-corrected chi connectivity index (χ3v) is 3.61. The van der Waals surface area contributed by atoms with E-state index >= 15 is 0 Å². The van der Waals surface area contributed by atoms with Gasteiger partial charge in [0.25, 0.3) is 0 Å².